The summed E-state index contributed by atoms with van der Waals surface area (Å²) in [6, 6.07) is 8.42. The van der Waals surface area contributed by atoms with Crippen LogP contribution < -0.4 is 0 Å². The molecule has 2 aromatic carbocycles. The van der Waals surface area contributed by atoms with Gasteiger partial charge in [0, 0.05) is 25.4 Å². The fourth-order valence-electron chi connectivity index (χ4n) is 4.72. The number of sulfonamides is 1. The molecule has 3 heterocycles. The van der Waals surface area contributed by atoms with Gasteiger partial charge in [0.2, 0.25) is 10.0 Å². The second-order valence-electron chi connectivity index (χ2n) is 9.50. The number of alkyl halides is 3. The smallest absolute Gasteiger partial charge is 0.416 e. The first-order valence-corrected chi connectivity index (χ1v) is 14.2. The van der Waals surface area contributed by atoms with Crippen molar-refractivity contribution in [1.82, 2.24) is 14.2 Å². The number of ether oxygens (including phenoxy) is 2. The molecule has 0 unspecified atom stereocenters. The quantitative estimate of drug-likeness (QED) is 0.297. The van der Waals surface area contributed by atoms with Gasteiger partial charge in [-0.3, -0.25) is 19.3 Å². The molecule has 1 fully saturated rings. The zero-order valence-electron chi connectivity index (χ0n) is 22.2. The number of imide groups is 1. The molecule has 3 aromatic rings. The van der Waals surface area contributed by atoms with E-state index in [0.717, 1.165) is 17.0 Å². The standard InChI is InChI=1S/C28H24F3N3O7S/c1-17(35)41-15-12-34-26(36)24-21-16-20(42(38,39)33-10-13-40-14-11-33)7-9-22(21)32-23(25(24)27(34)37)8-4-18-2-5-19(6-3-18)28(29,30)31/h2-9,16H,10-15H2,1H3/b8-4+. The number of carbonyl (C=O) groups is 3. The molecule has 10 nitrogen and oxygen atoms in total. The maximum absolute atomic E-state index is 13.5. The number of aromatic nitrogens is 1. The van der Waals surface area contributed by atoms with E-state index in [1.54, 1.807) is 0 Å². The van der Waals surface area contributed by atoms with Crippen molar-refractivity contribution in [2.75, 3.05) is 39.5 Å². The minimum Gasteiger partial charge on any atom is -0.464 e. The molecular weight excluding hydrogens is 579 g/mol. The van der Waals surface area contributed by atoms with Crippen molar-refractivity contribution in [3.8, 4) is 0 Å². The van der Waals surface area contributed by atoms with Crippen molar-refractivity contribution in [3.05, 3.63) is 70.4 Å². The maximum atomic E-state index is 13.5. The summed E-state index contributed by atoms with van der Waals surface area (Å²) in [6.07, 6.45) is -1.65. The number of fused-ring (bicyclic) bond motifs is 3. The van der Waals surface area contributed by atoms with E-state index >= 15 is 0 Å². The number of hydrogen-bond acceptors (Lipinski definition) is 8. The van der Waals surface area contributed by atoms with E-state index in [0.29, 0.717) is 5.56 Å². The SMILES string of the molecule is CC(=O)OCCN1C(=O)c2c(/C=C/c3ccc(C(F)(F)F)cc3)nc3ccc(S(=O)(=O)N4CCOCC4)cc3c2C1=O. The molecule has 2 aliphatic rings. The summed E-state index contributed by atoms with van der Waals surface area (Å²) in [4.78, 5) is 43.5. The van der Waals surface area contributed by atoms with Crippen LogP contribution in [0.25, 0.3) is 23.1 Å². The number of esters is 1. The van der Waals surface area contributed by atoms with Crippen LogP contribution in [0.15, 0.2) is 47.4 Å². The fourth-order valence-corrected chi connectivity index (χ4v) is 6.16. The molecule has 0 spiro atoms. The Morgan fingerprint density at radius 2 is 1.69 bits per heavy atom. The molecule has 0 N–H and O–H groups in total. The summed E-state index contributed by atoms with van der Waals surface area (Å²) >= 11 is 0. The summed E-state index contributed by atoms with van der Waals surface area (Å²) < 4.78 is 76.9. The average Bonchev–Trinajstić information content (AvgIpc) is 3.21. The minimum absolute atomic E-state index is 0.0644. The van der Waals surface area contributed by atoms with Gasteiger partial charge in [0.05, 0.1) is 52.6 Å². The Labute approximate surface area is 238 Å². The Hall–Kier alpha value is -4.14. The van der Waals surface area contributed by atoms with Crippen LogP contribution in [0, 0.1) is 0 Å². The van der Waals surface area contributed by atoms with Crippen LogP contribution in [0.1, 0.15) is 44.5 Å². The van der Waals surface area contributed by atoms with Crippen molar-refractivity contribution >= 4 is 50.9 Å². The third-order valence-electron chi connectivity index (χ3n) is 6.80. The van der Waals surface area contributed by atoms with Crippen molar-refractivity contribution in [2.24, 2.45) is 0 Å². The van der Waals surface area contributed by atoms with Gasteiger partial charge in [0.1, 0.15) is 6.61 Å². The Kier molecular flexibility index (Phi) is 7.88. The zero-order chi connectivity index (χ0) is 30.2. The Morgan fingerprint density at radius 1 is 1.02 bits per heavy atom. The highest BCUT2D eigenvalue weighted by atomic mass is 32.2. The second-order valence-corrected chi connectivity index (χ2v) is 11.4. The molecule has 2 amide bonds. The van der Waals surface area contributed by atoms with Gasteiger partial charge in [-0.05, 0) is 42.0 Å². The van der Waals surface area contributed by atoms with E-state index in [9.17, 15) is 36.0 Å². The topological polar surface area (TPSA) is 123 Å². The molecule has 14 heteroatoms. The third-order valence-corrected chi connectivity index (χ3v) is 8.70. The number of benzene rings is 2. The zero-order valence-corrected chi connectivity index (χ0v) is 23.0. The van der Waals surface area contributed by atoms with Gasteiger partial charge < -0.3 is 9.47 Å². The highest BCUT2D eigenvalue weighted by Crippen LogP contribution is 2.35. The molecule has 42 heavy (non-hydrogen) atoms. The minimum atomic E-state index is -4.50. The monoisotopic (exact) mass is 603 g/mol. The van der Waals surface area contributed by atoms with Gasteiger partial charge in [-0.2, -0.15) is 17.5 Å². The number of hydrogen-bond donors (Lipinski definition) is 0. The molecule has 1 aromatic heterocycles. The molecule has 0 bridgehead atoms. The van der Waals surface area contributed by atoms with Crippen molar-refractivity contribution < 1.29 is 45.4 Å². The second kappa shape index (κ2) is 11.3. The van der Waals surface area contributed by atoms with Crippen LogP contribution >= 0.6 is 0 Å². The van der Waals surface area contributed by atoms with Gasteiger partial charge in [-0.25, -0.2) is 13.4 Å². The lowest BCUT2D eigenvalue weighted by molar-refractivity contribution is -0.141. The molecule has 0 atom stereocenters. The van der Waals surface area contributed by atoms with E-state index < -0.39 is 39.5 Å². The van der Waals surface area contributed by atoms with Crippen molar-refractivity contribution in [2.45, 2.75) is 18.0 Å². The van der Waals surface area contributed by atoms with Gasteiger partial charge in [-0.1, -0.05) is 18.2 Å². The molecule has 5 rings (SSSR count). The van der Waals surface area contributed by atoms with Gasteiger partial charge in [-0.15, -0.1) is 0 Å². The van der Waals surface area contributed by atoms with Crippen LogP contribution in [0.4, 0.5) is 13.2 Å². The normalized spacial score (nSPS) is 16.4. The molecular formula is C28H24F3N3O7S. The van der Waals surface area contributed by atoms with Crippen LogP contribution in [0.2, 0.25) is 0 Å². The summed E-state index contributed by atoms with van der Waals surface area (Å²) in [5.41, 5.74) is -0.317. The first-order chi connectivity index (χ1) is 19.9. The highest BCUT2D eigenvalue weighted by Gasteiger charge is 2.40. The van der Waals surface area contributed by atoms with Gasteiger partial charge in [0.15, 0.2) is 0 Å². The lowest BCUT2D eigenvalue weighted by Gasteiger charge is -2.26. The van der Waals surface area contributed by atoms with E-state index in [2.05, 4.69) is 4.98 Å². The number of halogens is 3. The van der Waals surface area contributed by atoms with Crippen molar-refractivity contribution in [1.29, 1.82) is 0 Å². The Balaban J connectivity index is 1.59. The van der Waals surface area contributed by atoms with Gasteiger partial charge >= 0.3 is 12.1 Å². The summed E-state index contributed by atoms with van der Waals surface area (Å²) in [5.74, 6) is -2.05. The lowest BCUT2D eigenvalue weighted by atomic mass is 10.0. The molecule has 0 aliphatic carbocycles. The first-order valence-electron chi connectivity index (χ1n) is 12.8. The molecule has 0 saturated carbocycles. The number of rotatable bonds is 7. The number of pyridine rings is 1. The first kappa shape index (κ1) is 29.4. The summed E-state index contributed by atoms with van der Waals surface area (Å²) in [5, 5.41) is 0.138. The van der Waals surface area contributed by atoms with Crippen LogP contribution in [-0.2, 0) is 30.5 Å². The molecule has 0 radical (unpaired) electrons. The average molecular weight is 604 g/mol. The number of amides is 2. The van der Waals surface area contributed by atoms with Crippen LogP contribution in [-0.4, -0.2) is 79.8 Å². The van der Waals surface area contributed by atoms with E-state index in [-0.39, 0.29) is 72.1 Å². The highest BCUT2D eigenvalue weighted by molar-refractivity contribution is 7.89. The predicted octanol–water partition coefficient (Wildman–Crippen LogP) is 3.60. The third kappa shape index (κ3) is 5.65. The Morgan fingerprint density at radius 3 is 2.33 bits per heavy atom. The fraction of sp³-hybridized carbons (Fsp3) is 0.286. The number of morpholine rings is 1. The van der Waals surface area contributed by atoms with Crippen LogP contribution in [0.5, 0.6) is 0 Å². The van der Waals surface area contributed by atoms with E-state index in [1.807, 2.05) is 0 Å². The molecule has 2 aliphatic heterocycles. The van der Waals surface area contributed by atoms with E-state index in [1.165, 1.54) is 53.7 Å². The number of nitrogens with zero attached hydrogens (tertiary/aromatic N) is 3. The lowest BCUT2D eigenvalue weighted by Crippen LogP contribution is -2.40. The number of carbonyl (C=O) groups excluding carboxylic acids is 3. The van der Waals surface area contributed by atoms with E-state index in [4.69, 9.17) is 9.47 Å². The maximum Gasteiger partial charge on any atom is 0.416 e. The largest absolute Gasteiger partial charge is 0.464 e. The van der Waals surface area contributed by atoms with Crippen LogP contribution in [0.3, 0.4) is 0 Å². The summed E-state index contributed by atoms with van der Waals surface area (Å²) in [7, 11) is -3.95. The molecule has 1 saturated heterocycles. The van der Waals surface area contributed by atoms with Gasteiger partial charge in [0.25, 0.3) is 11.8 Å². The molecule has 220 valence electrons. The summed E-state index contributed by atoms with van der Waals surface area (Å²) in [6.45, 7) is 1.48. The Bertz CT molecular complexity index is 1720. The van der Waals surface area contributed by atoms with Crippen molar-refractivity contribution in [3.63, 3.8) is 0 Å². The predicted molar refractivity (Wildman–Crippen MR) is 144 cm³/mol.